The summed E-state index contributed by atoms with van der Waals surface area (Å²) < 4.78 is 0.916. The van der Waals surface area contributed by atoms with E-state index in [4.69, 9.17) is 0 Å². The first-order valence-electron chi connectivity index (χ1n) is 6.48. The maximum atomic E-state index is 11.6. The number of nitrogens with zero attached hydrogens (tertiary/aromatic N) is 1. The summed E-state index contributed by atoms with van der Waals surface area (Å²) in [4.78, 5) is 33.9. The molecular weight excluding hydrogens is 354 g/mol. The van der Waals surface area contributed by atoms with Gasteiger partial charge in [0.25, 0.3) is 0 Å². The molecule has 9 heteroatoms. The Morgan fingerprint density at radius 3 is 2.95 bits per heavy atom. The lowest BCUT2D eigenvalue weighted by Crippen LogP contribution is -2.62. The molecular formula is C13H14BrN5O3. The highest BCUT2D eigenvalue weighted by atomic mass is 79.9. The van der Waals surface area contributed by atoms with Crippen molar-refractivity contribution in [1.82, 2.24) is 21.6 Å². The molecule has 1 aromatic rings. The average Bonchev–Trinajstić information content (AvgIpc) is 2.46. The number of hydrazine groups is 1. The first kappa shape index (κ1) is 16.1. The summed E-state index contributed by atoms with van der Waals surface area (Å²) in [5, 5.41) is 5.95. The third-order valence-corrected chi connectivity index (χ3v) is 3.32. The Bertz CT molecular complexity index is 619. The number of amides is 4. The average molecular weight is 368 g/mol. The van der Waals surface area contributed by atoms with Crippen molar-refractivity contribution in [3.8, 4) is 0 Å². The van der Waals surface area contributed by atoms with Crippen molar-refractivity contribution in [2.75, 3.05) is 0 Å². The molecule has 8 nitrogen and oxygen atoms in total. The van der Waals surface area contributed by atoms with Crippen LogP contribution in [0.1, 0.15) is 18.4 Å². The molecule has 0 aromatic heterocycles. The van der Waals surface area contributed by atoms with E-state index in [0.717, 1.165) is 10.0 Å². The predicted molar refractivity (Wildman–Crippen MR) is 82.7 cm³/mol. The Kier molecular flexibility index (Phi) is 5.61. The van der Waals surface area contributed by atoms with E-state index >= 15 is 0 Å². The second-order valence-corrected chi connectivity index (χ2v) is 5.44. The van der Waals surface area contributed by atoms with Gasteiger partial charge in [-0.05, 0) is 24.1 Å². The molecule has 1 unspecified atom stereocenters. The number of hydrogen-bond acceptors (Lipinski definition) is 5. The minimum atomic E-state index is -0.641. The third-order valence-electron chi connectivity index (χ3n) is 2.82. The number of rotatable bonds is 5. The van der Waals surface area contributed by atoms with Gasteiger partial charge in [-0.1, -0.05) is 28.1 Å². The van der Waals surface area contributed by atoms with Gasteiger partial charge in [0.15, 0.2) is 0 Å². The predicted octanol–water partition coefficient (Wildman–Crippen LogP) is 0.392. The fraction of sp³-hybridized carbons (Fsp3) is 0.231. The number of halogens is 1. The molecule has 1 saturated heterocycles. The Labute approximate surface area is 134 Å². The van der Waals surface area contributed by atoms with Crippen LogP contribution in [0.5, 0.6) is 0 Å². The van der Waals surface area contributed by atoms with Crippen LogP contribution in [0.15, 0.2) is 33.8 Å². The summed E-state index contributed by atoms with van der Waals surface area (Å²) in [6.45, 7) is 0. The van der Waals surface area contributed by atoms with Gasteiger partial charge in [0, 0.05) is 10.9 Å². The van der Waals surface area contributed by atoms with E-state index in [-0.39, 0.29) is 18.7 Å². The highest BCUT2D eigenvalue weighted by Crippen LogP contribution is 2.09. The lowest BCUT2D eigenvalue weighted by atomic mass is 10.1. The van der Waals surface area contributed by atoms with Crippen molar-refractivity contribution < 1.29 is 14.4 Å². The van der Waals surface area contributed by atoms with Crippen LogP contribution in [-0.2, 0) is 9.59 Å². The lowest BCUT2D eigenvalue weighted by molar-refractivity contribution is -0.124. The summed E-state index contributed by atoms with van der Waals surface area (Å²) in [5.41, 5.74) is 8.02. The smallest absolute Gasteiger partial charge is 0.276 e. The van der Waals surface area contributed by atoms with Gasteiger partial charge in [0.2, 0.25) is 11.8 Å². The molecule has 0 bridgehead atoms. The molecule has 0 saturated carbocycles. The summed E-state index contributed by atoms with van der Waals surface area (Å²) in [7, 11) is 0. The zero-order chi connectivity index (χ0) is 15.9. The molecule has 1 aliphatic rings. The summed E-state index contributed by atoms with van der Waals surface area (Å²) in [6.07, 6.45) is 1.86. The fourth-order valence-corrected chi connectivity index (χ4v) is 2.17. The van der Waals surface area contributed by atoms with E-state index in [1.807, 2.05) is 24.3 Å². The second-order valence-electron chi connectivity index (χ2n) is 4.53. The van der Waals surface area contributed by atoms with E-state index in [1.54, 1.807) is 0 Å². The Hall–Kier alpha value is -2.26. The van der Waals surface area contributed by atoms with Crippen LogP contribution in [0, 0.1) is 0 Å². The van der Waals surface area contributed by atoms with Gasteiger partial charge in [-0.15, -0.1) is 0 Å². The van der Waals surface area contributed by atoms with Gasteiger partial charge >= 0.3 is 6.03 Å². The van der Waals surface area contributed by atoms with Crippen molar-refractivity contribution in [2.24, 2.45) is 5.10 Å². The van der Waals surface area contributed by atoms with Crippen LogP contribution in [0.25, 0.3) is 0 Å². The van der Waals surface area contributed by atoms with E-state index in [9.17, 15) is 14.4 Å². The topological polar surface area (TPSA) is 112 Å². The van der Waals surface area contributed by atoms with Gasteiger partial charge < -0.3 is 0 Å². The third kappa shape index (κ3) is 4.93. The minimum absolute atomic E-state index is 0.0940. The largest absolute Gasteiger partial charge is 0.335 e. The number of carbonyl (C=O) groups is 3. The van der Waals surface area contributed by atoms with Crippen LogP contribution in [0.4, 0.5) is 4.79 Å². The molecule has 22 heavy (non-hydrogen) atoms. The highest BCUT2D eigenvalue weighted by Gasteiger charge is 2.25. The molecule has 1 aliphatic heterocycles. The maximum Gasteiger partial charge on any atom is 0.335 e. The quantitative estimate of drug-likeness (QED) is 0.445. The van der Waals surface area contributed by atoms with Crippen molar-refractivity contribution in [2.45, 2.75) is 18.9 Å². The Morgan fingerprint density at radius 2 is 2.23 bits per heavy atom. The van der Waals surface area contributed by atoms with Crippen LogP contribution in [-0.4, -0.2) is 30.1 Å². The SMILES string of the molecule is O=C(CCC1NNC(=O)NC1=O)N/N=C/c1cccc(Br)c1. The van der Waals surface area contributed by atoms with Crippen molar-refractivity contribution in [3.63, 3.8) is 0 Å². The van der Waals surface area contributed by atoms with E-state index in [1.165, 1.54) is 6.21 Å². The van der Waals surface area contributed by atoms with Crippen molar-refractivity contribution >= 4 is 40.0 Å². The van der Waals surface area contributed by atoms with E-state index < -0.39 is 18.0 Å². The molecule has 4 N–H and O–H groups in total. The standard InChI is InChI=1S/C13H14BrN5O3/c14-9-3-1-2-8(6-9)7-15-18-11(20)5-4-10-12(21)16-13(22)19-17-10/h1-3,6-7,10,17H,4-5H2,(H,18,20)(H2,16,19,21,22)/b15-7+. The number of urea groups is 1. The van der Waals surface area contributed by atoms with Gasteiger partial charge in [-0.25, -0.2) is 15.6 Å². The Balaban J connectivity index is 1.74. The van der Waals surface area contributed by atoms with E-state index in [2.05, 4.69) is 42.6 Å². The van der Waals surface area contributed by atoms with E-state index in [0.29, 0.717) is 0 Å². The molecule has 116 valence electrons. The zero-order valence-corrected chi connectivity index (χ0v) is 13.0. The van der Waals surface area contributed by atoms with Crippen molar-refractivity contribution in [1.29, 1.82) is 0 Å². The van der Waals surface area contributed by atoms with Gasteiger partial charge in [-0.2, -0.15) is 5.10 Å². The molecule has 1 atom stereocenters. The molecule has 4 amide bonds. The number of benzene rings is 1. The molecule has 0 aliphatic carbocycles. The minimum Gasteiger partial charge on any atom is -0.276 e. The van der Waals surface area contributed by atoms with Gasteiger partial charge in [0.05, 0.1) is 6.21 Å². The van der Waals surface area contributed by atoms with Crippen LogP contribution >= 0.6 is 15.9 Å². The normalized spacial score (nSPS) is 18.0. The molecule has 0 radical (unpaired) electrons. The molecule has 1 aromatic carbocycles. The molecule has 0 spiro atoms. The zero-order valence-electron chi connectivity index (χ0n) is 11.4. The van der Waals surface area contributed by atoms with Gasteiger partial charge in [0.1, 0.15) is 6.04 Å². The molecule has 1 heterocycles. The summed E-state index contributed by atoms with van der Waals surface area (Å²) in [6, 6.07) is 6.20. The summed E-state index contributed by atoms with van der Waals surface area (Å²) in [5.74, 6) is -0.785. The number of carbonyl (C=O) groups excluding carboxylic acids is 3. The highest BCUT2D eigenvalue weighted by molar-refractivity contribution is 9.10. The second kappa shape index (κ2) is 7.66. The fourth-order valence-electron chi connectivity index (χ4n) is 1.75. The Morgan fingerprint density at radius 1 is 1.41 bits per heavy atom. The van der Waals surface area contributed by atoms with Crippen LogP contribution < -0.4 is 21.6 Å². The van der Waals surface area contributed by atoms with Gasteiger partial charge in [-0.3, -0.25) is 20.3 Å². The van der Waals surface area contributed by atoms with Crippen molar-refractivity contribution in [3.05, 3.63) is 34.3 Å². The molecule has 2 rings (SSSR count). The number of hydrogen-bond donors (Lipinski definition) is 4. The number of hydrazone groups is 1. The maximum absolute atomic E-state index is 11.6. The first-order valence-corrected chi connectivity index (χ1v) is 7.28. The number of nitrogens with one attached hydrogen (secondary N) is 4. The molecule has 1 fully saturated rings. The first-order chi connectivity index (χ1) is 10.5. The number of imide groups is 1. The monoisotopic (exact) mass is 367 g/mol. The van der Waals surface area contributed by atoms with Crippen LogP contribution in [0.2, 0.25) is 0 Å². The van der Waals surface area contributed by atoms with Crippen LogP contribution in [0.3, 0.4) is 0 Å². The summed E-state index contributed by atoms with van der Waals surface area (Å²) >= 11 is 3.34. The lowest BCUT2D eigenvalue weighted by Gasteiger charge is -2.22.